The fourth-order valence-electron chi connectivity index (χ4n) is 4.02. The number of aromatic nitrogens is 1. The Bertz CT molecular complexity index is 789. The summed E-state index contributed by atoms with van der Waals surface area (Å²) < 4.78 is 0. The van der Waals surface area contributed by atoms with Gasteiger partial charge in [-0.2, -0.15) is 5.11 Å². The lowest BCUT2D eigenvalue weighted by molar-refractivity contribution is -0.128. The van der Waals surface area contributed by atoms with Crippen molar-refractivity contribution in [3.63, 3.8) is 0 Å². The zero-order valence-electron chi connectivity index (χ0n) is 15.8. The number of dihydropyridines is 1. The third kappa shape index (κ3) is 3.72. The summed E-state index contributed by atoms with van der Waals surface area (Å²) in [7, 11) is 1.64. The first-order valence-electron chi connectivity index (χ1n) is 9.76. The van der Waals surface area contributed by atoms with Crippen LogP contribution in [-0.2, 0) is 4.79 Å². The Hall–Kier alpha value is -2.70. The van der Waals surface area contributed by atoms with Crippen LogP contribution in [0.2, 0.25) is 0 Å². The van der Waals surface area contributed by atoms with Crippen LogP contribution >= 0.6 is 0 Å². The molecule has 142 valence electrons. The molecule has 3 aliphatic rings. The standard InChI is InChI=1S/C20H26N6O/c1-21-24-18-8-7-17(14-22-18)26-11-5-6-15-12-16(13-23-19(15)26)20(27)25-9-3-2-4-10-25/h7-8,12,14,23H,2-6,9-11,13H2,1H3. The number of likely N-dealkylation sites (tertiary alicyclic amines) is 1. The summed E-state index contributed by atoms with van der Waals surface area (Å²) >= 11 is 0. The van der Waals surface area contributed by atoms with Gasteiger partial charge in [0.2, 0.25) is 0 Å². The molecule has 7 heteroatoms. The number of nitrogens with one attached hydrogen (secondary N) is 1. The number of amides is 1. The van der Waals surface area contributed by atoms with Crippen molar-refractivity contribution in [1.82, 2.24) is 15.2 Å². The number of pyridine rings is 1. The molecule has 27 heavy (non-hydrogen) atoms. The molecule has 0 atom stereocenters. The molecule has 4 rings (SSSR count). The Morgan fingerprint density at radius 1 is 1.15 bits per heavy atom. The average molecular weight is 366 g/mol. The molecule has 1 N–H and O–H groups in total. The molecule has 1 aromatic rings. The summed E-state index contributed by atoms with van der Waals surface area (Å²) in [6.07, 6.45) is 9.47. The number of carbonyl (C=O) groups excluding carboxylic acids is 1. The second-order valence-corrected chi connectivity index (χ2v) is 7.18. The Morgan fingerprint density at radius 2 is 2.00 bits per heavy atom. The molecule has 0 spiro atoms. The van der Waals surface area contributed by atoms with Crippen molar-refractivity contribution in [3.05, 3.63) is 41.4 Å². The summed E-state index contributed by atoms with van der Waals surface area (Å²) in [4.78, 5) is 21.4. The highest BCUT2D eigenvalue weighted by molar-refractivity contribution is 5.95. The van der Waals surface area contributed by atoms with E-state index in [0.29, 0.717) is 12.4 Å². The largest absolute Gasteiger partial charge is 0.367 e. The summed E-state index contributed by atoms with van der Waals surface area (Å²) in [5.41, 5.74) is 3.13. The fraction of sp³-hybridized carbons (Fsp3) is 0.500. The quantitative estimate of drug-likeness (QED) is 0.834. The van der Waals surface area contributed by atoms with E-state index in [9.17, 15) is 4.79 Å². The molecule has 0 radical (unpaired) electrons. The van der Waals surface area contributed by atoms with Gasteiger partial charge in [0.15, 0.2) is 5.82 Å². The highest BCUT2D eigenvalue weighted by atomic mass is 16.2. The molecule has 0 aromatic carbocycles. The van der Waals surface area contributed by atoms with Crippen molar-refractivity contribution >= 4 is 17.4 Å². The molecular weight excluding hydrogens is 340 g/mol. The predicted molar refractivity (Wildman–Crippen MR) is 105 cm³/mol. The van der Waals surface area contributed by atoms with Crippen molar-refractivity contribution in [3.8, 4) is 0 Å². The van der Waals surface area contributed by atoms with E-state index in [1.807, 2.05) is 23.2 Å². The molecule has 3 aliphatic heterocycles. The molecule has 0 aliphatic carbocycles. The van der Waals surface area contributed by atoms with Gasteiger partial charge in [0, 0.05) is 38.8 Å². The summed E-state index contributed by atoms with van der Waals surface area (Å²) in [6, 6.07) is 3.90. The number of carbonyl (C=O) groups is 1. The maximum absolute atomic E-state index is 12.8. The Labute approximate surface area is 159 Å². The number of piperidine rings is 1. The fourth-order valence-corrected chi connectivity index (χ4v) is 4.02. The number of azo groups is 1. The zero-order valence-corrected chi connectivity index (χ0v) is 15.8. The van der Waals surface area contributed by atoms with Gasteiger partial charge in [-0.3, -0.25) is 4.79 Å². The first kappa shape index (κ1) is 17.7. The van der Waals surface area contributed by atoms with E-state index in [1.54, 1.807) is 7.05 Å². The third-order valence-corrected chi connectivity index (χ3v) is 5.36. The van der Waals surface area contributed by atoms with Gasteiger partial charge in [-0.25, -0.2) is 4.98 Å². The zero-order chi connectivity index (χ0) is 18.6. The molecular formula is C20H26N6O. The average Bonchev–Trinajstić information content (AvgIpc) is 2.74. The predicted octanol–water partition coefficient (Wildman–Crippen LogP) is 3.15. The first-order chi connectivity index (χ1) is 13.3. The minimum Gasteiger partial charge on any atom is -0.367 e. The Morgan fingerprint density at radius 3 is 2.74 bits per heavy atom. The second kappa shape index (κ2) is 7.90. The van der Waals surface area contributed by atoms with Crippen LogP contribution in [0.5, 0.6) is 0 Å². The monoisotopic (exact) mass is 366 g/mol. The van der Waals surface area contributed by atoms with Gasteiger partial charge >= 0.3 is 0 Å². The lowest BCUT2D eigenvalue weighted by atomic mass is 9.98. The second-order valence-electron chi connectivity index (χ2n) is 7.18. The minimum absolute atomic E-state index is 0.196. The van der Waals surface area contributed by atoms with E-state index in [2.05, 4.69) is 31.5 Å². The number of anilines is 1. The van der Waals surface area contributed by atoms with Gasteiger partial charge in [0.05, 0.1) is 11.9 Å². The molecule has 7 nitrogen and oxygen atoms in total. The maximum atomic E-state index is 12.8. The minimum atomic E-state index is 0.196. The topological polar surface area (TPSA) is 73.2 Å². The molecule has 0 unspecified atom stereocenters. The SMILES string of the molecule is CN=Nc1ccc(N2CCCC3=C2NCC(C(=O)N2CCCCC2)=C3)cn1. The maximum Gasteiger partial charge on any atom is 0.251 e. The Balaban J connectivity index is 1.56. The van der Waals surface area contributed by atoms with E-state index < -0.39 is 0 Å². The van der Waals surface area contributed by atoms with Crippen molar-refractivity contribution in [1.29, 1.82) is 0 Å². The Kier molecular flexibility index (Phi) is 5.18. The number of nitrogens with zero attached hydrogens (tertiary/aromatic N) is 5. The van der Waals surface area contributed by atoms with Crippen LogP contribution in [-0.4, -0.2) is 49.0 Å². The molecule has 0 bridgehead atoms. The van der Waals surface area contributed by atoms with Crippen molar-refractivity contribution in [2.24, 2.45) is 10.2 Å². The molecule has 1 amide bonds. The van der Waals surface area contributed by atoms with Gasteiger partial charge < -0.3 is 15.1 Å². The molecule has 0 saturated carbocycles. The van der Waals surface area contributed by atoms with Crippen LogP contribution in [0.1, 0.15) is 32.1 Å². The van der Waals surface area contributed by atoms with Crippen LogP contribution in [0.3, 0.4) is 0 Å². The van der Waals surface area contributed by atoms with Crippen molar-refractivity contribution in [2.75, 3.05) is 38.1 Å². The van der Waals surface area contributed by atoms with Gasteiger partial charge in [-0.05, 0) is 55.9 Å². The van der Waals surface area contributed by atoms with Crippen LogP contribution in [0.4, 0.5) is 11.5 Å². The summed E-state index contributed by atoms with van der Waals surface area (Å²) in [5, 5.41) is 11.2. The molecule has 4 heterocycles. The lowest BCUT2D eigenvalue weighted by Gasteiger charge is -2.37. The number of rotatable bonds is 3. The normalized spacial score (nSPS) is 20.4. The smallest absolute Gasteiger partial charge is 0.251 e. The molecule has 1 aromatic heterocycles. The van der Waals surface area contributed by atoms with Gasteiger partial charge in [0.25, 0.3) is 5.91 Å². The van der Waals surface area contributed by atoms with Gasteiger partial charge in [-0.1, -0.05) is 0 Å². The first-order valence-corrected chi connectivity index (χ1v) is 9.76. The summed E-state index contributed by atoms with van der Waals surface area (Å²) in [5.74, 6) is 1.91. The van der Waals surface area contributed by atoms with Crippen molar-refractivity contribution in [2.45, 2.75) is 32.1 Å². The summed E-state index contributed by atoms with van der Waals surface area (Å²) in [6.45, 7) is 3.30. The van der Waals surface area contributed by atoms with E-state index >= 15 is 0 Å². The lowest BCUT2D eigenvalue weighted by Crippen LogP contribution is -2.43. The van der Waals surface area contributed by atoms with E-state index in [-0.39, 0.29) is 5.91 Å². The van der Waals surface area contributed by atoms with Gasteiger partial charge in [0.1, 0.15) is 5.82 Å². The number of allylic oxidation sites excluding steroid dienone is 2. The van der Waals surface area contributed by atoms with Crippen LogP contribution in [0.15, 0.2) is 51.6 Å². The van der Waals surface area contributed by atoms with Crippen LogP contribution in [0.25, 0.3) is 0 Å². The van der Waals surface area contributed by atoms with Crippen LogP contribution in [0, 0.1) is 0 Å². The highest BCUT2D eigenvalue weighted by Crippen LogP contribution is 2.31. The third-order valence-electron chi connectivity index (χ3n) is 5.36. The highest BCUT2D eigenvalue weighted by Gasteiger charge is 2.28. The number of hydrogen-bond acceptors (Lipinski definition) is 6. The van der Waals surface area contributed by atoms with E-state index in [0.717, 1.165) is 62.4 Å². The van der Waals surface area contributed by atoms with E-state index in [4.69, 9.17) is 0 Å². The van der Waals surface area contributed by atoms with Crippen molar-refractivity contribution < 1.29 is 4.79 Å². The number of hydrogen-bond donors (Lipinski definition) is 1. The molecule has 1 saturated heterocycles. The molecule has 1 fully saturated rings. The van der Waals surface area contributed by atoms with Crippen LogP contribution < -0.4 is 10.2 Å². The van der Waals surface area contributed by atoms with E-state index in [1.165, 1.54) is 12.0 Å². The van der Waals surface area contributed by atoms with Gasteiger partial charge in [-0.15, -0.1) is 5.11 Å².